The molecule has 0 saturated carbocycles. The van der Waals surface area contributed by atoms with Crippen LogP contribution in [0.15, 0.2) is 46.2 Å². The molecule has 3 rings (SSSR count). The average molecular weight is 306 g/mol. The van der Waals surface area contributed by atoms with Crippen molar-refractivity contribution < 1.29 is 17.9 Å². The predicted octanol–water partition coefficient (Wildman–Crippen LogP) is 2.66. The summed E-state index contributed by atoms with van der Waals surface area (Å²) in [5, 5.41) is 9.22. The molecule has 1 atom stereocenters. The first kappa shape index (κ1) is 14.2. The van der Waals surface area contributed by atoms with E-state index in [1.54, 1.807) is 18.2 Å². The largest absolute Gasteiger partial charge is 0.396 e. The van der Waals surface area contributed by atoms with Crippen LogP contribution in [0.3, 0.4) is 0 Å². The van der Waals surface area contributed by atoms with Crippen molar-refractivity contribution in [2.24, 2.45) is 0 Å². The number of halogens is 1. The van der Waals surface area contributed by atoms with Crippen molar-refractivity contribution >= 4 is 9.84 Å². The molecule has 1 aliphatic heterocycles. The van der Waals surface area contributed by atoms with Gasteiger partial charge in [-0.3, -0.25) is 0 Å². The summed E-state index contributed by atoms with van der Waals surface area (Å²) in [6.07, 6.45) is 0.383. The third kappa shape index (κ3) is 2.26. The summed E-state index contributed by atoms with van der Waals surface area (Å²) >= 11 is 0. The van der Waals surface area contributed by atoms with Crippen LogP contribution in [0.1, 0.15) is 29.5 Å². The van der Waals surface area contributed by atoms with Crippen LogP contribution in [0, 0.1) is 5.82 Å². The Morgan fingerprint density at radius 1 is 1.14 bits per heavy atom. The molecule has 1 heterocycles. The summed E-state index contributed by atoms with van der Waals surface area (Å²) in [6, 6.07) is 8.88. The topological polar surface area (TPSA) is 54.4 Å². The number of fused-ring (bicyclic) bond motifs is 2. The van der Waals surface area contributed by atoms with Crippen LogP contribution in [0.4, 0.5) is 4.39 Å². The fourth-order valence-corrected chi connectivity index (χ4v) is 4.37. The highest BCUT2D eigenvalue weighted by Crippen LogP contribution is 2.36. The van der Waals surface area contributed by atoms with Crippen molar-refractivity contribution in [2.45, 2.75) is 29.1 Å². The summed E-state index contributed by atoms with van der Waals surface area (Å²) in [4.78, 5) is 0.454. The molecule has 110 valence electrons. The van der Waals surface area contributed by atoms with E-state index in [1.165, 1.54) is 18.2 Å². The smallest absolute Gasteiger partial charge is 0.207 e. The normalized spacial score (nSPS) is 16.9. The van der Waals surface area contributed by atoms with Gasteiger partial charge in [0.2, 0.25) is 9.84 Å². The van der Waals surface area contributed by atoms with Crippen LogP contribution < -0.4 is 0 Å². The van der Waals surface area contributed by atoms with Crippen LogP contribution in [0.25, 0.3) is 0 Å². The molecule has 2 aromatic rings. The number of aliphatic hydroxyl groups excluding tert-OH is 1. The number of hydrogen-bond acceptors (Lipinski definition) is 3. The lowest BCUT2D eigenvalue weighted by Gasteiger charge is -2.21. The summed E-state index contributed by atoms with van der Waals surface area (Å²) in [7, 11) is -3.60. The maximum absolute atomic E-state index is 13.4. The molecule has 5 heteroatoms. The van der Waals surface area contributed by atoms with Gasteiger partial charge in [0.15, 0.2) is 0 Å². The zero-order valence-electron chi connectivity index (χ0n) is 11.5. The molecule has 21 heavy (non-hydrogen) atoms. The van der Waals surface area contributed by atoms with Crippen LogP contribution in [-0.4, -0.2) is 20.1 Å². The highest BCUT2D eigenvalue weighted by molar-refractivity contribution is 7.91. The molecule has 1 unspecified atom stereocenters. The molecule has 1 aliphatic rings. The Hall–Kier alpha value is -1.72. The standard InChI is InChI=1S/C16H15FO3S/c1-10(9-18)11-2-4-15-12(6-11)7-13-8-14(17)3-5-16(13)21(15,19)20/h2-6,8,10,18H,7,9H2,1H3. The van der Waals surface area contributed by atoms with Crippen molar-refractivity contribution in [1.82, 2.24) is 0 Å². The van der Waals surface area contributed by atoms with Crippen molar-refractivity contribution in [2.75, 3.05) is 6.61 Å². The van der Waals surface area contributed by atoms with Gasteiger partial charge in [-0.1, -0.05) is 19.1 Å². The van der Waals surface area contributed by atoms with Crippen molar-refractivity contribution in [3.63, 3.8) is 0 Å². The Morgan fingerprint density at radius 2 is 1.76 bits per heavy atom. The maximum Gasteiger partial charge on any atom is 0.207 e. The van der Waals surface area contributed by atoms with Crippen molar-refractivity contribution in [3.8, 4) is 0 Å². The Balaban J connectivity index is 2.19. The minimum absolute atomic E-state index is 0.00322. The first-order valence-corrected chi connectivity index (χ1v) is 8.19. The van der Waals surface area contributed by atoms with E-state index < -0.39 is 15.7 Å². The van der Waals surface area contributed by atoms with E-state index in [-0.39, 0.29) is 22.3 Å². The number of aliphatic hydroxyl groups is 1. The summed E-state index contributed by atoms with van der Waals surface area (Å²) < 4.78 is 38.5. The van der Waals surface area contributed by atoms with Gasteiger partial charge < -0.3 is 5.11 Å². The van der Waals surface area contributed by atoms with Crippen molar-refractivity contribution in [1.29, 1.82) is 0 Å². The highest BCUT2D eigenvalue weighted by Gasteiger charge is 2.29. The first-order valence-electron chi connectivity index (χ1n) is 6.70. The quantitative estimate of drug-likeness (QED) is 0.741. The monoisotopic (exact) mass is 306 g/mol. The molecule has 0 aromatic heterocycles. The average Bonchev–Trinajstić information content (AvgIpc) is 2.45. The summed E-state index contributed by atoms with van der Waals surface area (Å²) in [6.45, 7) is 1.86. The second kappa shape index (κ2) is 4.93. The molecule has 0 bridgehead atoms. The van der Waals surface area contributed by atoms with E-state index in [0.717, 1.165) is 5.56 Å². The van der Waals surface area contributed by atoms with Crippen LogP contribution >= 0.6 is 0 Å². The van der Waals surface area contributed by atoms with Crippen LogP contribution in [0.2, 0.25) is 0 Å². The molecule has 2 aromatic carbocycles. The van der Waals surface area contributed by atoms with E-state index >= 15 is 0 Å². The Morgan fingerprint density at radius 3 is 2.43 bits per heavy atom. The van der Waals surface area contributed by atoms with E-state index in [9.17, 15) is 17.9 Å². The Kier molecular flexibility index (Phi) is 3.34. The molecule has 0 aliphatic carbocycles. The zero-order valence-corrected chi connectivity index (χ0v) is 12.3. The van der Waals surface area contributed by atoms with E-state index in [4.69, 9.17) is 0 Å². The second-order valence-corrected chi connectivity index (χ2v) is 7.27. The highest BCUT2D eigenvalue weighted by atomic mass is 32.2. The molecule has 1 N–H and O–H groups in total. The molecular formula is C16H15FO3S. The van der Waals surface area contributed by atoms with E-state index in [1.807, 2.05) is 6.92 Å². The zero-order chi connectivity index (χ0) is 15.2. The maximum atomic E-state index is 13.4. The molecular weight excluding hydrogens is 291 g/mol. The van der Waals surface area contributed by atoms with Gasteiger partial charge in [-0.15, -0.1) is 0 Å². The Labute approximate surface area is 123 Å². The second-order valence-electron chi connectivity index (χ2n) is 5.38. The number of hydrogen-bond donors (Lipinski definition) is 1. The molecule has 0 spiro atoms. The minimum atomic E-state index is -3.60. The lowest BCUT2D eigenvalue weighted by atomic mass is 9.96. The van der Waals surface area contributed by atoms with Crippen LogP contribution in [0.5, 0.6) is 0 Å². The number of rotatable bonds is 2. The fourth-order valence-electron chi connectivity index (χ4n) is 2.68. The minimum Gasteiger partial charge on any atom is -0.396 e. The molecule has 0 fully saturated rings. The van der Waals surface area contributed by atoms with Gasteiger partial charge in [0.25, 0.3) is 0 Å². The molecule has 0 saturated heterocycles. The van der Waals surface area contributed by atoms with E-state index in [0.29, 0.717) is 17.5 Å². The molecule has 0 amide bonds. The molecule has 0 radical (unpaired) electrons. The lowest BCUT2D eigenvalue weighted by molar-refractivity contribution is 0.273. The third-order valence-electron chi connectivity index (χ3n) is 3.91. The van der Waals surface area contributed by atoms with Gasteiger partial charge in [0.05, 0.1) is 9.79 Å². The first-order chi connectivity index (χ1) is 9.93. The molecule has 3 nitrogen and oxygen atoms in total. The van der Waals surface area contributed by atoms with Gasteiger partial charge in [-0.25, -0.2) is 12.8 Å². The van der Waals surface area contributed by atoms with Crippen LogP contribution in [-0.2, 0) is 16.3 Å². The van der Waals surface area contributed by atoms with Gasteiger partial charge in [-0.05, 0) is 41.0 Å². The lowest BCUT2D eigenvalue weighted by Crippen LogP contribution is -2.15. The summed E-state index contributed by atoms with van der Waals surface area (Å²) in [5.74, 6) is -0.501. The number of sulfone groups is 1. The van der Waals surface area contributed by atoms with Gasteiger partial charge in [0.1, 0.15) is 5.82 Å². The fraction of sp³-hybridized carbons (Fsp3) is 0.250. The van der Waals surface area contributed by atoms with Gasteiger partial charge >= 0.3 is 0 Å². The van der Waals surface area contributed by atoms with Gasteiger partial charge in [-0.2, -0.15) is 0 Å². The SMILES string of the molecule is CC(CO)c1ccc2c(c1)Cc1cc(F)ccc1S2(=O)=O. The van der Waals surface area contributed by atoms with Crippen molar-refractivity contribution in [3.05, 3.63) is 58.9 Å². The predicted molar refractivity (Wildman–Crippen MR) is 76.6 cm³/mol. The summed E-state index contributed by atoms with van der Waals surface area (Å²) in [5.41, 5.74) is 2.02. The third-order valence-corrected chi connectivity index (χ3v) is 5.86. The van der Waals surface area contributed by atoms with Gasteiger partial charge in [0, 0.05) is 18.9 Å². The number of benzene rings is 2. The Bertz CT molecular complexity index is 812. The van der Waals surface area contributed by atoms with E-state index in [2.05, 4.69) is 0 Å².